The molecule has 112 valence electrons. The number of carbonyl (C=O) groups excluding carboxylic acids is 1. The van der Waals surface area contributed by atoms with Crippen LogP contribution in [0.25, 0.3) is 6.08 Å². The minimum absolute atomic E-state index is 0.418. The average Bonchev–Trinajstić information content (AvgIpc) is 2.36. The van der Waals surface area contributed by atoms with E-state index in [4.69, 9.17) is 15.7 Å². The Balaban J connectivity index is 2.38. The molecule has 0 aliphatic carbocycles. The highest BCUT2D eigenvalue weighted by molar-refractivity contribution is 5.67. The first kappa shape index (κ1) is 16.6. The smallest absolute Gasteiger partial charge is 0.407 e. The molecule has 0 aliphatic heterocycles. The van der Waals surface area contributed by atoms with E-state index >= 15 is 0 Å². The molecule has 3 N–H and O–H groups in total. The largest absolute Gasteiger partial charge is 0.444 e. The number of nitrogens with one attached hydrogen (secondary N) is 1. The van der Waals surface area contributed by atoms with Gasteiger partial charge in [0.1, 0.15) is 11.7 Å². The minimum atomic E-state index is -0.486. The van der Waals surface area contributed by atoms with Crippen molar-refractivity contribution < 1.29 is 9.53 Å². The first-order valence-corrected chi connectivity index (χ1v) is 6.75. The van der Waals surface area contributed by atoms with Crippen molar-refractivity contribution in [2.75, 3.05) is 12.3 Å². The molecule has 0 radical (unpaired) electrons. The van der Waals surface area contributed by atoms with Crippen molar-refractivity contribution in [3.05, 3.63) is 35.4 Å². The van der Waals surface area contributed by atoms with Crippen LogP contribution in [-0.2, 0) is 4.74 Å². The van der Waals surface area contributed by atoms with Gasteiger partial charge in [-0.25, -0.2) is 4.79 Å². The van der Waals surface area contributed by atoms with Crippen LogP contribution in [0.5, 0.6) is 0 Å². The minimum Gasteiger partial charge on any atom is -0.444 e. The Hall–Kier alpha value is -2.48. The van der Waals surface area contributed by atoms with Crippen LogP contribution in [0.1, 0.15) is 38.3 Å². The zero-order valence-corrected chi connectivity index (χ0v) is 12.6. The van der Waals surface area contributed by atoms with Crippen LogP contribution in [0.3, 0.4) is 0 Å². The van der Waals surface area contributed by atoms with E-state index in [-0.39, 0.29) is 0 Å². The van der Waals surface area contributed by atoms with E-state index in [2.05, 4.69) is 5.32 Å². The number of carbonyl (C=O) groups is 1. The topological polar surface area (TPSA) is 88.1 Å². The number of nitrogen functional groups attached to an aromatic ring is 1. The normalized spacial score (nSPS) is 11.1. The summed E-state index contributed by atoms with van der Waals surface area (Å²) < 4.78 is 5.12. The van der Waals surface area contributed by atoms with E-state index in [1.165, 1.54) is 0 Å². The molecule has 0 saturated heterocycles. The van der Waals surface area contributed by atoms with Crippen molar-refractivity contribution in [3.63, 3.8) is 0 Å². The molecule has 0 saturated carbocycles. The van der Waals surface area contributed by atoms with Crippen LogP contribution in [0.2, 0.25) is 0 Å². The van der Waals surface area contributed by atoms with E-state index in [9.17, 15) is 4.79 Å². The molecule has 0 unspecified atom stereocenters. The summed E-state index contributed by atoms with van der Waals surface area (Å²) in [6.45, 7) is 5.96. The van der Waals surface area contributed by atoms with Gasteiger partial charge >= 0.3 is 6.09 Å². The number of nitrogens with two attached hydrogens (primary N) is 1. The summed E-state index contributed by atoms with van der Waals surface area (Å²) in [4.78, 5) is 11.4. The molecule has 0 fully saturated rings. The van der Waals surface area contributed by atoms with E-state index < -0.39 is 11.7 Å². The van der Waals surface area contributed by atoms with Crippen molar-refractivity contribution >= 4 is 17.9 Å². The van der Waals surface area contributed by atoms with Crippen molar-refractivity contribution in [2.24, 2.45) is 0 Å². The summed E-state index contributed by atoms with van der Waals surface area (Å²) in [7, 11) is 0. The summed E-state index contributed by atoms with van der Waals surface area (Å²) in [5.41, 5.74) is 7.10. The molecule has 1 aromatic carbocycles. The van der Waals surface area contributed by atoms with Crippen LogP contribution in [0.4, 0.5) is 10.5 Å². The van der Waals surface area contributed by atoms with Crippen molar-refractivity contribution in [1.29, 1.82) is 5.26 Å². The van der Waals surface area contributed by atoms with E-state index in [0.717, 1.165) is 5.56 Å². The van der Waals surface area contributed by atoms with Crippen molar-refractivity contribution in [3.8, 4) is 6.07 Å². The van der Waals surface area contributed by atoms with Gasteiger partial charge in [-0.05, 0) is 44.9 Å². The molecule has 0 spiro atoms. The van der Waals surface area contributed by atoms with Crippen LogP contribution in [-0.4, -0.2) is 18.2 Å². The molecule has 21 heavy (non-hydrogen) atoms. The van der Waals surface area contributed by atoms with Gasteiger partial charge in [0.2, 0.25) is 0 Å². The number of nitrogens with zero attached hydrogens (tertiary/aromatic N) is 1. The molecule has 1 rings (SSSR count). The van der Waals surface area contributed by atoms with Gasteiger partial charge in [-0.15, -0.1) is 0 Å². The summed E-state index contributed by atoms with van der Waals surface area (Å²) in [5, 5.41) is 11.5. The first-order chi connectivity index (χ1) is 9.81. The number of rotatable bonds is 4. The SMILES string of the molecule is CC(C)(C)OC(=O)NCCC=Cc1ccc(C#N)c(N)c1. The van der Waals surface area contributed by atoms with Crippen LogP contribution in [0, 0.1) is 11.3 Å². The third-order valence-corrected chi connectivity index (χ3v) is 2.49. The van der Waals surface area contributed by atoms with Gasteiger partial charge in [-0.3, -0.25) is 0 Å². The summed E-state index contributed by atoms with van der Waals surface area (Å²) >= 11 is 0. The lowest BCUT2D eigenvalue weighted by atomic mass is 10.1. The Labute approximate surface area is 125 Å². The van der Waals surface area contributed by atoms with Gasteiger partial charge in [-0.2, -0.15) is 5.26 Å². The molecule has 1 amide bonds. The number of amides is 1. The number of hydrogen-bond donors (Lipinski definition) is 2. The second-order valence-corrected chi connectivity index (χ2v) is 5.58. The van der Waals surface area contributed by atoms with Crippen LogP contribution >= 0.6 is 0 Å². The fourth-order valence-corrected chi connectivity index (χ4v) is 1.58. The zero-order valence-electron chi connectivity index (χ0n) is 12.6. The molecule has 0 aromatic heterocycles. The fraction of sp³-hybridized carbons (Fsp3) is 0.375. The average molecular weight is 287 g/mol. The molecule has 5 nitrogen and oxygen atoms in total. The highest BCUT2D eigenvalue weighted by Gasteiger charge is 2.15. The molecule has 0 aliphatic rings. The summed E-state index contributed by atoms with van der Waals surface area (Å²) in [5.74, 6) is 0. The van der Waals surface area contributed by atoms with E-state index in [0.29, 0.717) is 24.2 Å². The van der Waals surface area contributed by atoms with E-state index in [1.807, 2.05) is 45.1 Å². The summed E-state index contributed by atoms with van der Waals surface area (Å²) in [6, 6.07) is 7.28. The second kappa shape index (κ2) is 7.34. The number of alkyl carbamates (subject to hydrolysis) is 1. The molecule has 5 heteroatoms. The third-order valence-electron chi connectivity index (χ3n) is 2.49. The van der Waals surface area contributed by atoms with Crippen LogP contribution < -0.4 is 11.1 Å². The highest BCUT2D eigenvalue weighted by atomic mass is 16.6. The maximum absolute atomic E-state index is 11.4. The lowest BCUT2D eigenvalue weighted by molar-refractivity contribution is 0.0529. The predicted octanol–water partition coefficient (Wildman–Crippen LogP) is 3.07. The molecular weight excluding hydrogens is 266 g/mol. The van der Waals surface area contributed by atoms with Gasteiger partial charge in [-0.1, -0.05) is 18.2 Å². The van der Waals surface area contributed by atoms with Gasteiger partial charge in [0.15, 0.2) is 0 Å². The molecule has 0 bridgehead atoms. The van der Waals surface area contributed by atoms with Gasteiger partial charge in [0.05, 0.1) is 11.3 Å². The second-order valence-electron chi connectivity index (χ2n) is 5.58. The Morgan fingerprint density at radius 3 is 2.76 bits per heavy atom. The Morgan fingerprint density at radius 1 is 1.48 bits per heavy atom. The van der Waals surface area contributed by atoms with Crippen LogP contribution in [0.15, 0.2) is 24.3 Å². The van der Waals surface area contributed by atoms with Gasteiger partial charge in [0.25, 0.3) is 0 Å². The lowest BCUT2D eigenvalue weighted by Crippen LogP contribution is -2.32. The number of nitriles is 1. The number of anilines is 1. The highest BCUT2D eigenvalue weighted by Crippen LogP contribution is 2.14. The Bertz CT molecular complexity index is 566. The standard InChI is InChI=1S/C16H21N3O2/c1-16(2,3)21-15(20)19-9-5-4-6-12-7-8-13(11-17)14(18)10-12/h4,6-8,10H,5,9,18H2,1-3H3,(H,19,20). The third kappa shape index (κ3) is 6.48. The van der Waals surface area contributed by atoms with Gasteiger partial charge < -0.3 is 15.8 Å². The zero-order chi connectivity index (χ0) is 15.9. The maximum Gasteiger partial charge on any atom is 0.407 e. The van der Waals surface area contributed by atoms with Crippen molar-refractivity contribution in [2.45, 2.75) is 32.8 Å². The molecule has 0 atom stereocenters. The fourth-order valence-electron chi connectivity index (χ4n) is 1.58. The molecule has 1 aromatic rings. The molecular formula is C16H21N3O2. The van der Waals surface area contributed by atoms with Crippen molar-refractivity contribution in [1.82, 2.24) is 5.32 Å². The Kier molecular flexibility index (Phi) is 5.79. The molecule has 0 heterocycles. The predicted molar refractivity (Wildman–Crippen MR) is 83.5 cm³/mol. The summed E-state index contributed by atoms with van der Waals surface area (Å²) in [6.07, 6.45) is 4.09. The van der Waals surface area contributed by atoms with Gasteiger partial charge in [0, 0.05) is 6.54 Å². The maximum atomic E-state index is 11.4. The Morgan fingerprint density at radius 2 is 2.19 bits per heavy atom. The lowest BCUT2D eigenvalue weighted by Gasteiger charge is -2.19. The first-order valence-electron chi connectivity index (χ1n) is 6.75. The number of hydrogen-bond acceptors (Lipinski definition) is 4. The quantitative estimate of drug-likeness (QED) is 0.658. The number of benzene rings is 1. The van der Waals surface area contributed by atoms with E-state index in [1.54, 1.807) is 12.1 Å². The monoisotopic (exact) mass is 287 g/mol. The number of ether oxygens (including phenoxy) is 1.